The number of hydrogen-bond donors (Lipinski definition) is 0. The van der Waals surface area contributed by atoms with Gasteiger partial charge in [-0.1, -0.05) is 5.16 Å². The van der Waals surface area contributed by atoms with Crippen LogP contribution in [0.4, 0.5) is 0 Å². The van der Waals surface area contributed by atoms with Gasteiger partial charge in [0.25, 0.3) is 0 Å². The van der Waals surface area contributed by atoms with Crippen molar-refractivity contribution < 1.29 is 4.52 Å². The predicted octanol–water partition coefficient (Wildman–Crippen LogP) is 1.70. The molecule has 1 unspecified atom stereocenters. The Labute approximate surface area is 142 Å². The minimum absolute atomic E-state index is 0.555. The van der Waals surface area contributed by atoms with E-state index in [0.717, 1.165) is 49.3 Å². The van der Waals surface area contributed by atoms with E-state index in [0.29, 0.717) is 12.0 Å². The van der Waals surface area contributed by atoms with Gasteiger partial charge in [-0.2, -0.15) is 0 Å². The van der Waals surface area contributed by atoms with E-state index in [1.807, 2.05) is 13.0 Å². The molecule has 2 aromatic rings. The highest BCUT2D eigenvalue weighted by molar-refractivity contribution is 5.08. The van der Waals surface area contributed by atoms with Crippen LogP contribution in [0.15, 0.2) is 10.6 Å². The molecule has 0 aromatic carbocycles. The van der Waals surface area contributed by atoms with Crippen LogP contribution < -0.4 is 0 Å². The van der Waals surface area contributed by atoms with Crippen molar-refractivity contribution in [3.05, 3.63) is 29.2 Å². The number of rotatable bonds is 6. The zero-order chi connectivity index (χ0) is 16.7. The van der Waals surface area contributed by atoms with Crippen LogP contribution in [-0.4, -0.2) is 55.9 Å². The fraction of sp³-hybridized carbons (Fsp3) is 0.706. The molecule has 0 spiro atoms. The van der Waals surface area contributed by atoms with E-state index in [1.165, 1.54) is 19.3 Å². The van der Waals surface area contributed by atoms with Crippen molar-refractivity contribution in [1.29, 1.82) is 0 Å². The second kappa shape index (κ2) is 6.29. The molecule has 0 radical (unpaired) electrons. The van der Waals surface area contributed by atoms with E-state index < -0.39 is 0 Å². The van der Waals surface area contributed by atoms with E-state index in [2.05, 4.69) is 43.8 Å². The Hall–Kier alpha value is -1.73. The average Bonchev–Trinajstić information content (AvgIpc) is 2.96. The first-order valence-electron chi connectivity index (χ1n) is 8.83. The van der Waals surface area contributed by atoms with Gasteiger partial charge in [0, 0.05) is 44.7 Å². The summed E-state index contributed by atoms with van der Waals surface area (Å²) in [6.07, 6.45) is 3.71. The highest BCUT2D eigenvalue weighted by atomic mass is 16.5. The fourth-order valence-electron chi connectivity index (χ4n) is 3.60. The number of likely N-dealkylation sites (tertiary alicyclic amines) is 1. The van der Waals surface area contributed by atoms with Crippen molar-refractivity contribution in [2.75, 3.05) is 20.1 Å². The Morgan fingerprint density at radius 1 is 1.29 bits per heavy atom. The number of aryl methyl sites for hydroxylation is 1. The topological polar surface area (TPSA) is 63.2 Å². The molecule has 0 bridgehead atoms. The Morgan fingerprint density at radius 3 is 2.83 bits per heavy atom. The summed E-state index contributed by atoms with van der Waals surface area (Å²) >= 11 is 0. The lowest BCUT2D eigenvalue weighted by atomic mass is 10.2. The number of likely N-dealkylation sites (N-methyl/N-ethyl adjacent to an activating group) is 1. The molecular weight excluding hydrogens is 304 g/mol. The molecule has 130 valence electrons. The maximum Gasteiger partial charge on any atom is 0.146 e. The lowest BCUT2D eigenvalue weighted by Crippen LogP contribution is -2.34. The summed E-state index contributed by atoms with van der Waals surface area (Å²) in [7, 11) is 4.30. The summed E-state index contributed by atoms with van der Waals surface area (Å²) in [5.74, 6) is 3.76. The lowest BCUT2D eigenvalue weighted by molar-refractivity contribution is 0.215. The summed E-state index contributed by atoms with van der Waals surface area (Å²) < 4.78 is 7.36. The van der Waals surface area contributed by atoms with Crippen molar-refractivity contribution in [2.45, 2.75) is 51.2 Å². The van der Waals surface area contributed by atoms with Gasteiger partial charge < -0.3 is 9.09 Å². The smallest absolute Gasteiger partial charge is 0.146 e. The van der Waals surface area contributed by atoms with Crippen molar-refractivity contribution in [2.24, 2.45) is 7.05 Å². The first-order chi connectivity index (χ1) is 11.6. The van der Waals surface area contributed by atoms with Gasteiger partial charge in [0.15, 0.2) is 0 Å². The molecule has 2 aromatic heterocycles. The molecule has 2 fully saturated rings. The molecule has 0 N–H and O–H groups in total. The molecule has 24 heavy (non-hydrogen) atoms. The zero-order valence-corrected chi connectivity index (χ0v) is 14.8. The third-order valence-corrected chi connectivity index (χ3v) is 5.27. The summed E-state index contributed by atoms with van der Waals surface area (Å²) in [5, 5.41) is 12.9. The Morgan fingerprint density at radius 2 is 2.12 bits per heavy atom. The molecule has 1 saturated heterocycles. The van der Waals surface area contributed by atoms with Gasteiger partial charge in [0.1, 0.15) is 17.4 Å². The third-order valence-electron chi connectivity index (χ3n) is 5.27. The molecule has 7 nitrogen and oxygen atoms in total. The SMILES string of the molecule is Cc1cc(CN2CCC(N(C)Cc3nnc(C4CC4)n3C)C2)no1. The van der Waals surface area contributed by atoms with E-state index in [-0.39, 0.29) is 0 Å². The van der Waals surface area contributed by atoms with Crippen LogP contribution in [0, 0.1) is 6.92 Å². The molecule has 4 rings (SSSR count). The summed E-state index contributed by atoms with van der Waals surface area (Å²) in [6, 6.07) is 2.58. The molecule has 1 atom stereocenters. The van der Waals surface area contributed by atoms with Gasteiger partial charge in [0.2, 0.25) is 0 Å². The van der Waals surface area contributed by atoms with Crippen LogP contribution in [0.2, 0.25) is 0 Å². The van der Waals surface area contributed by atoms with Gasteiger partial charge in [-0.05, 0) is 33.2 Å². The molecule has 0 amide bonds. The molecule has 1 aliphatic carbocycles. The third kappa shape index (κ3) is 3.23. The quantitative estimate of drug-likeness (QED) is 0.803. The second-order valence-corrected chi connectivity index (χ2v) is 7.33. The van der Waals surface area contributed by atoms with Gasteiger partial charge in [-0.25, -0.2) is 0 Å². The summed E-state index contributed by atoms with van der Waals surface area (Å²) in [4.78, 5) is 4.86. The van der Waals surface area contributed by atoms with Gasteiger partial charge in [0.05, 0.1) is 12.2 Å². The number of aromatic nitrogens is 4. The van der Waals surface area contributed by atoms with E-state index in [1.54, 1.807) is 0 Å². The van der Waals surface area contributed by atoms with Crippen LogP contribution in [0.3, 0.4) is 0 Å². The normalized spacial score (nSPS) is 21.9. The van der Waals surface area contributed by atoms with Crippen LogP contribution >= 0.6 is 0 Å². The van der Waals surface area contributed by atoms with Crippen LogP contribution in [0.5, 0.6) is 0 Å². The highest BCUT2D eigenvalue weighted by Gasteiger charge is 2.31. The molecule has 7 heteroatoms. The number of hydrogen-bond acceptors (Lipinski definition) is 6. The van der Waals surface area contributed by atoms with Gasteiger partial charge in [-0.15, -0.1) is 10.2 Å². The molecule has 2 aliphatic rings. The zero-order valence-electron chi connectivity index (χ0n) is 14.8. The van der Waals surface area contributed by atoms with Crippen molar-refractivity contribution in [3.8, 4) is 0 Å². The minimum atomic E-state index is 0.555. The molecule has 3 heterocycles. The maximum absolute atomic E-state index is 5.16. The van der Waals surface area contributed by atoms with E-state index in [4.69, 9.17) is 4.52 Å². The standard InChI is InChI=1S/C17H26N6O/c1-12-8-14(20-24-12)9-23-7-6-15(10-23)21(2)11-16-18-19-17(22(16)3)13-4-5-13/h8,13,15H,4-7,9-11H2,1-3H3. The summed E-state index contributed by atoms with van der Waals surface area (Å²) in [6.45, 7) is 5.84. The Kier molecular flexibility index (Phi) is 4.14. The van der Waals surface area contributed by atoms with E-state index >= 15 is 0 Å². The van der Waals surface area contributed by atoms with Crippen molar-refractivity contribution in [3.63, 3.8) is 0 Å². The van der Waals surface area contributed by atoms with Gasteiger partial charge in [-0.3, -0.25) is 9.80 Å². The van der Waals surface area contributed by atoms with E-state index in [9.17, 15) is 0 Å². The fourth-order valence-corrected chi connectivity index (χ4v) is 3.60. The Balaban J connectivity index is 1.33. The van der Waals surface area contributed by atoms with Crippen molar-refractivity contribution >= 4 is 0 Å². The van der Waals surface area contributed by atoms with Crippen molar-refractivity contribution in [1.82, 2.24) is 29.7 Å². The average molecular weight is 330 g/mol. The first kappa shape index (κ1) is 15.8. The largest absolute Gasteiger partial charge is 0.361 e. The predicted molar refractivity (Wildman–Crippen MR) is 89.4 cm³/mol. The van der Waals surface area contributed by atoms with Crippen LogP contribution in [-0.2, 0) is 20.1 Å². The van der Waals surface area contributed by atoms with Gasteiger partial charge >= 0.3 is 0 Å². The molecular formula is C17H26N6O. The maximum atomic E-state index is 5.16. The monoisotopic (exact) mass is 330 g/mol. The second-order valence-electron chi connectivity index (χ2n) is 7.33. The molecule has 1 aliphatic heterocycles. The minimum Gasteiger partial charge on any atom is -0.361 e. The highest BCUT2D eigenvalue weighted by Crippen LogP contribution is 2.38. The summed E-state index contributed by atoms with van der Waals surface area (Å²) in [5.41, 5.74) is 1.03. The lowest BCUT2D eigenvalue weighted by Gasteiger charge is -2.24. The molecule has 1 saturated carbocycles. The Bertz CT molecular complexity index is 704. The van der Waals surface area contributed by atoms with Crippen LogP contribution in [0.1, 0.15) is 48.3 Å². The number of nitrogens with zero attached hydrogens (tertiary/aromatic N) is 6. The first-order valence-corrected chi connectivity index (χ1v) is 8.83. The van der Waals surface area contributed by atoms with Crippen LogP contribution in [0.25, 0.3) is 0 Å².